The number of unbranched alkanes of at least 4 members (excludes halogenated alkanes) is 39. The average molecular weight is 1050 g/mol. The Morgan fingerprint density at radius 3 is 0.853 bits per heavy atom. The Balaban J connectivity index is 4.17. The summed E-state index contributed by atoms with van der Waals surface area (Å²) in [7, 11) is 0. The van der Waals surface area contributed by atoms with Crippen LogP contribution < -0.4 is 0 Å². The summed E-state index contributed by atoms with van der Waals surface area (Å²) < 4.78 is 16.9. The lowest BCUT2D eigenvalue weighted by molar-refractivity contribution is -0.167. The summed E-state index contributed by atoms with van der Waals surface area (Å²) in [6.07, 6.45) is 81.0. The molecular weight excluding hydrogens is 925 g/mol. The van der Waals surface area contributed by atoms with Crippen LogP contribution in [0, 0.1) is 0 Å². The van der Waals surface area contributed by atoms with Gasteiger partial charge in [0.2, 0.25) is 0 Å². The zero-order valence-electron chi connectivity index (χ0n) is 50.1. The van der Waals surface area contributed by atoms with Crippen LogP contribution in [0.5, 0.6) is 0 Å². The Labute approximate surface area is 466 Å². The van der Waals surface area contributed by atoms with Crippen molar-refractivity contribution in [1.82, 2.24) is 0 Å². The molecule has 1 atom stereocenters. The van der Waals surface area contributed by atoms with E-state index >= 15 is 0 Å². The molecule has 0 aliphatic rings. The summed E-state index contributed by atoms with van der Waals surface area (Å²) in [5.74, 6) is -0.861. The second kappa shape index (κ2) is 63.6. The van der Waals surface area contributed by atoms with Gasteiger partial charge in [-0.1, -0.05) is 300 Å². The number of hydrogen-bond donors (Lipinski definition) is 0. The van der Waals surface area contributed by atoms with Crippen molar-refractivity contribution in [2.45, 2.75) is 348 Å². The van der Waals surface area contributed by atoms with Crippen LogP contribution in [0.25, 0.3) is 0 Å². The molecule has 0 N–H and O–H groups in total. The van der Waals surface area contributed by atoms with Crippen molar-refractivity contribution in [3.05, 3.63) is 60.8 Å². The van der Waals surface area contributed by atoms with Crippen LogP contribution in [-0.2, 0) is 28.6 Å². The first-order chi connectivity index (χ1) is 37.0. The van der Waals surface area contributed by atoms with Gasteiger partial charge in [0.05, 0.1) is 0 Å². The predicted molar refractivity (Wildman–Crippen MR) is 325 cm³/mol. The van der Waals surface area contributed by atoms with Crippen LogP contribution in [0.3, 0.4) is 0 Å². The Kier molecular flexibility index (Phi) is 61.2. The lowest BCUT2D eigenvalue weighted by Gasteiger charge is -2.18. The number of allylic oxidation sites excluding steroid dienone is 10. The molecule has 75 heavy (non-hydrogen) atoms. The molecule has 0 saturated heterocycles. The molecule has 0 amide bonds. The number of rotatable bonds is 60. The molecule has 1 unspecified atom stereocenters. The third kappa shape index (κ3) is 61.8. The van der Waals surface area contributed by atoms with Crippen molar-refractivity contribution in [2.75, 3.05) is 13.2 Å². The van der Waals surface area contributed by atoms with Crippen molar-refractivity contribution < 1.29 is 28.6 Å². The minimum atomic E-state index is -0.774. The number of hydrogen-bond acceptors (Lipinski definition) is 6. The van der Waals surface area contributed by atoms with Gasteiger partial charge >= 0.3 is 17.9 Å². The summed E-state index contributed by atoms with van der Waals surface area (Å²) in [5, 5.41) is 0. The Hall–Kier alpha value is -2.89. The van der Waals surface area contributed by atoms with E-state index in [1.807, 2.05) is 0 Å². The zero-order valence-corrected chi connectivity index (χ0v) is 50.1. The van der Waals surface area contributed by atoms with Crippen molar-refractivity contribution in [3.63, 3.8) is 0 Å². The van der Waals surface area contributed by atoms with E-state index < -0.39 is 6.10 Å². The van der Waals surface area contributed by atoms with Gasteiger partial charge in [-0.15, -0.1) is 0 Å². The normalized spacial score (nSPS) is 12.4. The third-order valence-corrected chi connectivity index (χ3v) is 14.5. The molecule has 6 heteroatoms. The van der Waals surface area contributed by atoms with E-state index in [2.05, 4.69) is 81.5 Å². The molecule has 0 aliphatic heterocycles. The fourth-order valence-corrected chi connectivity index (χ4v) is 9.61. The van der Waals surface area contributed by atoms with E-state index in [1.54, 1.807) is 0 Å². The molecular formula is C69H124O6. The fourth-order valence-electron chi connectivity index (χ4n) is 9.61. The van der Waals surface area contributed by atoms with Gasteiger partial charge in [-0.25, -0.2) is 0 Å². The second-order valence-electron chi connectivity index (χ2n) is 22.0. The highest BCUT2D eigenvalue weighted by atomic mass is 16.6. The van der Waals surface area contributed by atoms with Crippen LogP contribution in [0.4, 0.5) is 0 Å². The highest BCUT2D eigenvalue weighted by Crippen LogP contribution is 2.18. The maximum atomic E-state index is 12.9. The van der Waals surface area contributed by atoms with E-state index in [9.17, 15) is 14.4 Å². The maximum absolute atomic E-state index is 12.9. The fraction of sp³-hybridized carbons (Fsp3) is 0.812. The first kappa shape index (κ1) is 72.1. The number of esters is 3. The predicted octanol–water partition coefficient (Wildman–Crippen LogP) is 22.3. The van der Waals surface area contributed by atoms with Crippen LogP contribution >= 0.6 is 0 Å². The molecule has 0 rings (SSSR count). The van der Waals surface area contributed by atoms with Gasteiger partial charge in [0.1, 0.15) is 13.2 Å². The largest absolute Gasteiger partial charge is 0.462 e. The van der Waals surface area contributed by atoms with Crippen LogP contribution in [0.15, 0.2) is 60.8 Å². The highest BCUT2D eigenvalue weighted by molar-refractivity contribution is 5.71. The number of ether oxygens (including phenoxy) is 3. The number of carbonyl (C=O) groups is 3. The third-order valence-electron chi connectivity index (χ3n) is 14.5. The van der Waals surface area contributed by atoms with Gasteiger partial charge in [-0.2, -0.15) is 0 Å². The van der Waals surface area contributed by atoms with Gasteiger partial charge in [-0.3, -0.25) is 14.4 Å². The first-order valence-electron chi connectivity index (χ1n) is 32.8. The van der Waals surface area contributed by atoms with Gasteiger partial charge in [-0.05, 0) is 83.5 Å². The van der Waals surface area contributed by atoms with Crippen LogP contribution in [-0.4, -0.2) is 37.2 Å². The maximum Gasteiger partial charge on any atom is 0.306 e. The molecule has 0 aliphatic carbocycles. The lowest BCUT2D eigenvalue weighted by atomic mass is 10.0. The lowest BCUT2D eigenvalue weighted by Crippen LogP contribution is -2.30. The van der Waals surface area contributed by atoms with Gasteiger partial charge < -0.3 is 14.2 Å². The summed E-state index contributed by atoms with van der Waals surface area (Å²) in [5.41, 5.74) is 0. The summed E-state index contributed by atoms with van der Waals surface area (Å²) in [6.45, 7) is 6.55. The molecule has 0 radical (unpaired) electrons. The molecule has 6 nitrogen and oxygen atoms in total. The summed E-state index contributed by atoms with van der Waals surface area (Å²) >= 11 is 0. The molecule has 0 aromatic rings. The molecule has 0 spiro atoms. The van der Waals surface area contributed by atoms with E-state index in [4.69, 9.17) is 14.2 Å². The number of carbonyl (C=O) groups excluding carboxylic acids is 3. The van der Waals surface area contributed by atoms with E-state index in [0.29, 0.717) is 19.3 Å². The summed E-state index contributed by atoms with van der Waals surface area (Å²) in [6, 6.07) is 0. The van der Waals surface area contributed by atoms with E-state index in [1.165, 1.54) is 212 Å². The monoisotopic (exact) mass is 1050 g/mol. The Morgan fingerprint density at radius 1 is 0.280 bits per heavy atom. The molecule has 0 heterocycles. The average Bonchev–Trinajstić information content (AvgIpc) is 3.41. The van der Waals surface area contributed by atoms with Gasteiger partial charge in [0.25, 0.3) is 0 Å². The minimum absolute atomic E-state index is 0.0718. The van der Waals surface area contributed by atoms with Crippen molar-refractivity contribution in [1.29, 1.82) is 0 Å². The SMILES string of the molecule is CC/C=C\C/C=C\C/C=C\C/C=C\CCCCCCCCCCCCCCCCCCC(=O)OCC(COC(=O)CCCCCCC/C=C\CCCCC)OC(=O)CCCCCCCCCCCCCCCCCC. The van der Waals surface area contributed by atoms with Gasteiger partial charge in [0, 0.05) is 19.3 Å². The quantitative estimate of drug-likeness (QED) is 0.0261. The highest BCUT2D eigenvalue weighted by Gasteiger charge is 2.19. The Bertz CT molecular complexity index is 1340. The van der Waals surface area contributed by atoms with Crippen LogP contribution in [0.2, 0.25) is 0 Å². The zero-order chi connectivity index (χ0) is 54.3. The first-order valence-corrected chi connectivity index (χ1v) is 32.8. The van der Waals surface area contributed by atoms with Crippen LogP contribution in [0.1, 0.15) is 342 Å². The molecule has 0 aromatic carbocycles. The minimum Gasteiger partial charge on any atom is -0.462 e. The van der Waals surface area contributed by atoms with Gasteiger partial charge in [0.15, 0.2) is 6.10 Å². The molecule has 436 valence electrons. The topological polar surface area (TPSA) is 78.9 Å². The summed E-state index contributed by atoms with van der Waals surface area (Å²) in [4.78, 5) is 38.3. The molecule has 0 saturated carbocycles. The molecule has 0 aromatic heterocycles. The second-order valence-corrected chi connectivity index (χ2v) is 22.0. The molecule has 0 fully saturated rings. The van der Waals surface area contributed by atoms with E-state index in [-0.39, 0.29) is 31.1 Å². The van der Waals surface area contributed by atoms with Crippen molar-refractivity contribution in [2.24, 2.45) is 0 Å². The smallest absolute Gasteiger partial charge is 0.306 e. The standard InChI is InChI=1S/C69H124O6/c1-4-7-10-13-16-19-22-25-27-29-30-31-32-33-34-35-36-37-38-39-40-41-43-44-47-50-53-56-59-62-68(71)74-65-66(64-73-67(70)61-58-55-52-49-46-24-21-18-15-12-9-6-3)75-69(72)63-60-57-54-51-48-45-42-28-26-23-20-17-14-11-8-5-2/h7,10,16,18-19,21,25,27,30-31,66H,4-6,8-9,11-15,17,20,22-24,26,28-29,32-65H2,1-3H3/b10-7-,19-16-,21-18-,27-25-,31-30-. The van der Waals surface area contributed by atoms with Crippen molar-refractivity contribution in [3.8, 4) is 0 Å². The van der Waals surface area contributed by atoms with Crippen molar-refractivity contribution >= 4 is 17.9 Å². The molecule has 0 bridgehead atoms. The Morgan fingerprint density at radius 2 is 0.520 bits per heavy atom. The van der Waals surface area contributed by atoms with E-state index in [0.717, 1.165) is 89.9 Å².